The minimum atomic E-state index is -0.0420. The van der Waals surface area contributed by atoms with Gasteiger partial charge in [-0.25, -0.2) is 4.68 Å². The van der Waals surface area contributed by atoms with Crippen molar-refractivity contribution < 1.29 is 18.9 Å². The smallest absolute Gasteiger partial charge is 0.150 e. The topological polar surface area (TPSA) is 67.6 Å². The summed E-state index contributed by atoms with van der Waals surface area (Å²) >= 11 is 0. The number of hydrogen-bond donors (Lipinski definition) is 0. The average Bonchev–Trinajstić information content (AvgIpc) is 3.12. The maximum Gasteiger partial charge on any atom is 0.150 e. The number of benzene rings is 1. The molecule has 4 bridgehead atoms. The molecule has 1 fully saturated rings. The second kappa shape index (κ2) is 7.77. The zero-order valence-electron chi connectivity index (χ0n) is 15.7. The van der Waals surface area contributed by atoms with Crippen molar-refractivity contribution in [3.8, 4) is 22.8 Å². The van der Waals surface area contributed by atoms with E-state index in [0.29, 0.717) is 32.2 Å². The molecule has 0 aliphatic carbocycles. The van der Waals surface area contributed by atoms with Gasteiger partial charge in [0, 0.05) is 23.8 Å². The zero-order chi connectivity index (χ0) is 18.8. The van der Waals surface area contributed by atoms with Gasteiger partial charge in [0.25, 0.3) is 0 Å². The Morgan fingerprint density at radius 1 is 0.893 bits per heavy atom. The second-order valence-corrected chi connectivity index (χ2v) is 7.01. The van der Waals surface area contributed by atoms with Crippen molar-refractivity contribution in [1.29, 1.82) is 0 Å². The van der Waals surface area contributed by atoms with E-state index in [9.17, 15) is 0 Å². The Bertz CT molecular complexity index is 965. The molecule has 1 saturated heterocycles. The molecule has 7 nitrogen and oxygen atoms in total. The normalized spacial score (nSPS) is 20.4. The molecule has 3 aromatic rings. The first-order valence-corrected chi connectivity index (χ1v) is 9.81. The van der Waals surface area contributed by atoms with Crippen molar-refractivity contribution >= 4 is 10.9 Å². The summed E-state index contributed by atoms with van der Waals surface area (Å²) in [5, 5.41) is 5.95. The van der Waals surface area contributed by atoms with Crippen molar-refractivity contribution in [3.05, 3.63) is 36.7 Å². The van der Waals surface area contributed by atoms with E-state index in [2.05, 4.69) is 11.1 Å². The van der Waals surface area contributed by atoms with Gasteiger partial charge in [0.2, 0.25) is 0 Å². The molecule has 1 atom stereocenters. The highest BCUT2D eigenvalue weighted by atomic mass is 16.5. The molecular formula is C21H23N3O4. The number of pyridine rings is 1. The number of ether oxygens (including phenoxy) is 4. The van der Waals surface area contributed by atoms with Crippen LogP contribution in [0.2, 0.25) is 0 Å². The predicted molar refractivity (Wildman–Crippen MR) is 104 cm³/mol. The summed E-state index contributed by atoms with van der Waals surface area (Å²) in [5.41, 5.74) is 2.80. The van der Waals surface area contributed by atoms with Gasteiger partial charge in [0.15, 0.2) is 6.23 Å². The Morgan fingerprint density at radius 2 is 1.79 bits per heavy atom. The molecule has 1 aromatic carbocycles. The largest absolute Gasteiger partial charge is 0.491 e. The van der Waals surface area contributed by atoms with E-state index in [1.54, 1.807) is 6.20 Å². The van der Waals surface area contributed by atoms with Gasteiger partial charge in [-0.2, -0.15) is 5.10 Å². The highest BCUT2D eigenvalue weighted by Gasteiger charge is 2.22. The first-order valence-electron chi connectivity index (χ1n) is 9.81. The summed E-state index contributed by atoms with van der Waals surface area (Å²) in [6.45, 7) is 2.75. The summed E-state index contributed by atoms with van der Waals surface area (Å²) < 4.78 is 25.2. The molecule has 2 aliphatic heterocycles. The minimum absolute atomic E-state index is 0.0420. The molecule has 0 spiro atoms. The fourth-order valence-corrected chi connectivity index (χ4v) is 3.73. The van der Waals surface area contributed by atoms with Gasteiger partial charge < -0.3 is 18.9 Å². The highest BCUT2D eigenvalue weighted by Crippen LogP contribution is 2.35. The van der Waals surface area contributed by atoms with Gasteiger partial charge in [0.05, 0.1) is 24.9 Å². The number of rotatable bonds is 1. The van der Waals surface area contributed by atoms with E-state index in [-0.39, 0.29) is 6.23 Å². The van der Waals surface area contributed by atoms with Gasteiger partial charge in [-0.05, 0) is 43.5 Å². The van der Waals surface area contributed by atoms with Gasteiger partial charge in [-0.1, -0.05) is 0 Å². The van der Waals surface area contributed by atoms with E-state index in [4.69, 9.17) is 24.0 Å². The molecule has 28 heavy (non-hydrogen) atoms. The van der Waals surface area contributed by atoms with E-state index in [0.717, 1.165) is 53.8 Å². The van der Waals surface area contributed by atoms with Crippen LogP contribution in [0.5, 0.6) is 11.5 Å². The molecule has 0 amide bonds. The Balaban J connectivity index is 1.65. The summed E-state index contributed by atoms with van der Waals surface area (Å²) in [6.07, 6.45) is 6.70. The molecule has 146 valence electrons. The van der Waals surface area contributed by atoms with Gasteiger partial charge in [0.1, 0.15) is 30.4 Å². The fraction of sp³-hybridized carbons (Fsp3) is 0.429. The third-order valence-corrected chi connectivity index (χ3v) is 5.09. The highest BCUT2D eigenvalue weighted by molar-refractivity contribution is 5.94. The molecule has 5 rings (SSSR count). The van der Waals surface area contributed by atoms with E-state index >= 15 is 0 Å². The van der Waals surface area contributed by atoms with Crippen LogP contribution in [0.4, 0.5) is 0 Å². The molecule has 0 N–H and O–H groups in total. The summed E-state index contributed by atoms with van der Waals surface area (Å²) in [6, 6.07) is 8.05. The van der Waals surface area contributed by atoms with Crippen molar-refractivity contribution in [2.24, 2.45) is 0 Å². The number of aromatic nitrogens is 3. The molecule has 2 aliphatic rings. The molecule has 7 heteroatoms. The summed E-state index contributed by atoms with van der Waals surface area (Å²) in [7, 11) is 0. The lowest BCUT2D eigenvalue weighted by molar-refractivity contribution is -0.0365. The molecular weight excluding hydrogens is 358 g/mol. The first kappa shape index (κ1) is 17.5. The van der Waals surface area contributed by atoms with Crippen LogP contribution in [0, 0.1) is 0 Å². The minimum Gasteiger partial charge on any atom is -0.491 e. The van der Waals surface area contributed by atoms with Crippen molar-refractivity contribution in [1.82, 2.24) is 14.8 Å². The Labute approximate surface area is 163 Å². The van der Waals surface area contributed by atoms with Gasteiger partial charge in [-0.3, -0.25) is 4.98 Å². The van der Waals surface area contributed by atoms with Gasteiger partial charge in [-0.15, -0.1) is 0 Å². The van der Waals surface area contributed by atoms with Crippen LogP contribution in [0.3, 0.4) is 0 Å². The first-order chi connectivity index (χ1) is 13.9. The Kier molecular flexibility index (Phi) is 4.85. The van der Waals surface area contributed by atoms with Crippen LogP contribution >= 0.6 is 0 Å². The van der Waals surface area contributed by atoms with Crippen molar-refractivity contribution in [2.75, 3.05) is 33.0 Å². The predicted octanol–water partition coefficient (Wildman–Crippen LogP) is 3.59. The quantitative estimate of drug-likeness (QED) is 0.642. The molecule has 0 radical (unpaired) electrons. The second-order valence-electron chi connectivity index (χ2n) is 7.01. The SMILES string of the molecule is c1cc2c3cc1OCCOCCOc1cncc(c1)-c3nn2C1CCCCO1. The third-order valence-electron chi connectivity index (χ3n) is 5.09. The Hall–Kier alpha value is -2.64. The van der Waals surface area contributed by atoms with Crippen molar-refractivity contribution in [3.63, 3.8) is 0 Å². The van der Waals surface area contributed by atoms with Crippen LogP contribution in [-0.4, -0.2) is 47.8 Å². The Morgan fingerprint density at radius 3 is 2.64 bits per heavy atom. The van der Waals surface area contributed by atoms with Crippen LogP contribution in [0.1, 0.15) is 25.5 Å². The fourth-order valence-electron chi connectivity index (χ4n) is 3.73. The van der Waals surface area contributed by atoms with Crippen molar-refractivity contribution in [2.45, 2.75) is 25.5 Å². The monoisotopic (exact) mass is 381 g/mol. The third kappa shape index (κ3) is 3.43. The maximum absolute atomic E-state index is 6.00. The van der Waals surface area contributed by atoms with Crippen LogP contribution in [0.25, 0.3) is 22.2 Å². The lowest BCUT2D eigenvalue weighted by Gasteiger charge is -2.23. The summed E-state index contributed by atoms with van der Waals surface area (Å²) in [4.78, 5) is 4.35. The number of fused-ring (bicyclic) bond motifs is 4. The molecule has 1 unspecified atom stereocenters. The number of nitrogens with zero attached hydrogens (tertiary/aromatic N) is 3. The van der Waals surface area contributed by atoms with E-state index < -0.39 is 0 Å². The molecule has 2 aromatic heterocycles. The number of hydrogen-bond acceptors (Lipinski definition) is 6. The van der Waals surface area contributed by atoms with E-state index in [1.165, 1.54) is 0 Å². The summed E-state index contributed by atoms with van der Waals surface area (Å²) in [5.74, 6) is 1.51. The van der Waals surface area contributed by atoms with Crippen LogP contribution < -0.4 is 9.47 Å². The molecule has 4 heterocycles. The standard InChI is InChI=1S/C21H23N3O4/c1-2-6-28-20(3-1)24-19-5-4-16-12-18(19)21(23-24)15-11-17(14-22-13-15)27-10-8-25-7-9-26-16/h4-5,11-14,20H,1-3,6-10H2. The van der Waals surface area contributed by atoms with Gasteiger partial charge >= 0.3 is 0 Å². The lowest BCUT2D eigenvalue weighted by atomic mass is 10.1. The zero-order valence-corrected chi connectivity index (χ0v) is 15.7. The lowest BCUT2D eigenvalue weighted by Crippen LogP contribution is -2.19. The maximum atomic E-state index is 6.00. The van der Waals surface area contributed by atoms with Crippen LogP contribution in [-0.2, 0) is 9.47 Å². The molecule has 0 saturated carbocycles. The average molecular weight is 381 g/mol. The van der Waals surface area contributed by atoms with E-state index in [1.807, 2.05) is 29.1 Å². The van der Waals surface area contributed by atoms with Crippen LogP contribution in [0.15, 0.2) is 36.7 Å².